The van der Waals surface area contributed by atoms with Gasteiger partial charge in [0.15, 0.2) is 0 Å². The molecule has 1 aliphatic rings. The average Bonchev–Trinajstić information content (AvgIpc) is 2.31. The second-order valence-electron chi connectivity index (χ2n) is 2.04. The Kier molecular flexibility index (Phi) is 2.17. The van der Waals surface area contributed by atoms with Crippen LogP contribution in [0.1, 0.15) is 6.92 Å². The van der Waals surface area contributed by atoms with Gasteiger partial charge in [-0.3, -0.25) is 0 Å². The van der Waals surface area contributed by atoms with Gasteiger partial charge in [0.2, 0.25) is 0 Å². The molecule has 0 saturated carbocycles. The van der Waals surface area contributed by atoms with Gasteiger partial charge in [-0.15, -0.1) is 0 Å². The van der Waals surface area contributed by atoms with E-state index in [1.807, 2.05) is 6.92 Å². The summed E-state index contributed by atoms with van der Waals surface area (Å²) in [5.41, 5.74) is 6.46. The van der Waals surface area contributed by atoms with Crippen LogP contribution in [0.15, 0.2) is 17.3 Å². The summed E-state index contributed by atoms with van der Waals surface area (Å²) in [5, 5.41) is 10.6. The van der Waals surface area contributed by atoms with Crippen LogP contribution in [0.5, 0.6) is 0 Å². The number of nitrogens with zero attached hydrogens (tertiary/aromatic N) is 1. The second-order valence-corrected chi connectivity index (χ2v) is 2.04. The minimum absolute atomic E-state index is 0.233. The molecule has 10 heavy (non-hydrogen) atoms. The highest BCUT2D eigenvalue weighted by atomic mass is 15.6. The van der Waals surface area contributed by atoms with Gasteiger partial charge < -0.3 is 5.41 Å². The van der Waals surface area contributed by atoms with Crippen LogP contribution in [0.25, 0.3) is 0 Å². The van der Waals surface area contributed by atoms with Crippen LogP contribution in [0.2, 0.25) is 0 Å². The molecule has 0 aromatic heterocycles. The Morgan fingerprint density at radius 3 is 3.00 bits per heavy atom. The molecule has 54 valence electrons. The topological polar surface area (TPSA) is 60.3 Å². The van der Waals surface area contributed by atoms with E-state index in [1.54, 1.807) is 12.2 Å². The molecule has 4 nitrogen and oxygen atoms in total. The van der Waals surface area contributed by atoms with Crippen LogP contribution < -0.4 is 11.0 Å². The van der Waals surface area contributed by atoms with Crippen LogP contribution in [0, 0.1) is 5.41 Å². The highest BCUT2D eigenvalue weighted by molar-refractivity contribution is 6.01. The first-order chi connectivity index (χ1) is 4.84. The first-order valence-corrected chi connectivity index (χ1v) is 3.10. The lowest BCUT2D eigenvalue weighted by molar-refractivity contribution is 0.584. The highest BCUT2D eigenvalue weighted by Crippen LogP contribution is 1.93. The smallest absolute Gasteiger partial charge is 0.0804 e. The molecular weight excluding hydrogens is 128 g/mol. The normalized spacial score (nSPS) is 24.5. The average molecular weight is 138 g/mol. The van der Waals surface area contributed by atoms with E-state index in [1.165, 1.54) is 6.21 Å². The number of nitrogens with one attached hydrogen (secondary N) is 3. The van der Waals surface area contributed by atoms with Gasteiger partial charge in [-0.2, -0.15) is 5.10 Å². The molecule has 0 aromatic carbocycles. The Hall–Kier alpha value is -1.16. The number of allylic oxidation sites excluding steroid dienone is 1. The Morgan fingerprint density at radius 1 is 1.70 bits per heavy atom. The van der Waals surface area contributed by atoms with E-state index in [-0.39, 0.29) is 6.04 Å². The molecule has 0 aliphatic carbocycles. The van der Waals surface area contributed by atoms with Crippen LogP contribution in [-0.2, 0) is 0 Å². The molecule has 0 fully saturated rings. The van der Waals surface area contributed by atoms with Crippen molar-refractivity contribution < 1.29 is 0 Å². The van der Waals surface area contributed by atoms with Crippen molar-refractivity contribution in [3.8, 4) is 0 Å². The Labute approximate surface area is 59.5 Å². The zero-order chi connectivity index (χ0) is 7.40. The molecule has 1 rings (SSSR count). The highest BCUT2D eigenvalue weighted by Gasteiger charge is 2.10. The maximum atomic E-state index is 6.72. The van der Waals surface area contributed by atoms with Crippen LogP contribution in [0.4, 0.5) is 0 Å². The van der Waals surface area contributed by atoms with E-state index >= 15 is 0 Å². The largest absolute Gasteiger partial charge is 0.309 e. The van der Waals surface area contributed by atoms with Crippen molar-refractivity contribution in [2.75, 3.05) is 0 Å². The van der Waals surface area contributed by atoms with Gasteiger partial charge in [0.1, 0.15) is 0 Å². The van der Waals surface area contributed by atoms with Gasteiger partial charge in [-0.1, -0.05) is 0 Å². The van der Waals surface area contributed by atoms with Crippen molar-refractivity contribution in [1.82, 2.24) is 11.0 Å². The summed E-state index contributed by atoms with van der Waals surface area (Å²) < 4.78 is 0. The summed E-state index contributed by atoms with van der Waals surface area (Å²) in [6.07, 6.45) is 4.67. The molecule has 3 N–H and O–H groups in total. The minimum Gasteiger partial charge on any atom is -0.309 e. The number of hydrogen-bond donors (Lipinski definition) is 3. The van der Waals surface area contributed by atoms with Gasteiger partial charge in [-0.25, -0.2) is 11.0 Å². The van der Waals surface area contributed by atoms with Gasteiger partial charge >= 0.3 is 0 Å². The Balaban J connectivity index is 2.55. The van der Waals surface area contributed by atoms with Gasteiger partial charge in [-0.05, 0) is 19.1 Å². The van der Waals surface area contributed by atoms with Crippen molar-refractivity contribution in [3.63, 3.8) is 0 Å². The zero-order valence-electron chi connectivity index (χ0n) is 5.76. The molecule has 1 atom stereocenters. The predicted octanol–water partition coefficient (Wildman–Crippen LogP) is 0.0445. The predicted molar refractivity (Wildman–Crippen MR) is 41.1 cm³/mol. The van der Waals surface area contributed by atoms with Crippen molar-refractivity contribution >= 4 is 11.9 Å². The molecule has 1 unspecified atom stereocenters. The maximum absolute atomic E-state index is 6.72. The Morgan fingerprint density at radius 2 is 2.50 bits per heavy atom. The van der Waals surface area contributed by atoms with E-state index in [0.717, 1.165) is 5.71 Å². The van der Waals surface area contributed by atoms with Crippen LogP contribution >= 0.6 is 0 Å². The fourth-order valence-electron chi connectivity index (χ4n) is 0.693. The lowest BCUT2D eigenvalue weighted by Crippen LogP contribution is -2.31. The molecule has 0 saturated heterocycles. The van der Waals surface area contributed by atoms with E-state index in [0.29, 0.717) is 0 Å². The van der Waals surface area contributed by atoms with Crippen molar-refractivity contribution in [2.24, 2.45) is 5.10 Å². The van der Waals surface area contributed by atoms with E-state index in [2.05, 4.69) is 16.1 Å². The molecule has 1 heterocycles. The van der Waals surface area contributed by atoms with Gasteiger partial charge in [0.25, 0.3) is 0 Å². The van der Waals surface area contributed by atoms with E-state index < -0.39 is 0 Å². The molecule has 0 aromatic rings. The second kappa shape index (κ2) is 3.12. The quantitative estimate of drug-likeness (QED) is 0.472. The van der Waals surface area contributed by atoms with Crippen LogP contribution in [0.3, 0.4) is 0 Å². The lowest BCUT2D eigenvalue weighted by atomic mass is 10.2. The fraction of sp³-hybridized carbons (Fsp3) is 0.333. The SMILES string of the molecule is CC1NNN=C1C=CC=N. The van der Waals surface area contributed by atoms with Crippen molar-refractivity contribution in [2.45, 2.75) is 13.0 Å². The number of rotatable bonds is 2. The van der Waals surface area contributed by atoms with E-state index in [4.69, 9.17) is 5.41 Å². The van der Waals surface area contributed by atoms with Crippen LogP contribution in [-0.4, -0.2) is 18.0 Å². The fourth-order valence-corrected chi connectivity index (χ4v) is 0.693. The Bertz CT molecular complexity index is 182. The zero-order valence-corrected chi connectivity index (χ0v) is 5.76. The summed E-state index contributed by atoms with van der Waals surface area (Å²) in [6, 6.07) is 0.233. The lowest BCUT2D eigenvalue weighted by Gasteiger charge is -1.98. The van der Waals surface area contributed by atoms with Crippen molar-refractivity contribution in [1.29, 1.82) is 5.41 Å². The molecule has 0 spiro atoms. The third-order valence-electron chi connectivity index (χ3n) is 1.27. The molecule has 0 bridgehead atoms. The third-order valence-corrected chi connectivity index (χ3v) is 1.27. The minimum atomic E-state index is 0.233. The summed E-state index contributed by atoms with van der Waals surface area (Å²) in [4.78, 5) is 0. The standard InChI is InChI=1S/C6H10N4/c1-5-6(3-2-4-7)9-10-8-5/h2-5,7-8,10H,1H3. The van der Waals surface area contributed by atoms with Crippen molar-refractivity contribution in [3.05, 3.63) is 12.2 Å². The molecule has 0 radical (unpaired) electrons. The third kappa shape index (κ3) is 1.41. The molecule has 1 aliphatic heterocycles. The summed E-state index contributed by atoms with van der Waals surface area (Å²) in [6.45, 7) is 1.99. The molecular formula is C6H10N4. The number of hydrazine groups is 1. The monoisotopic (exact) mass is 138 g/mol. The molecule has 0 amide bonds. The number of hydrogen-bond acceptors (Lipinski definition) is 4. The molecule has 4 heteroatoms. The maximum Gasteiger partial charge on any atom is 0.0804 e. The van der Waals surface area contributed by atoms with Gasteiger partial charge in [0, 0.05) is 6.21 Å². The summed E-state index contributed by atoms with van der Waals surface area (Å²) in [5.74, 6) is 0. The summed E-state index contributed by atoms with van der Waals surface area (Å²) >= 11 is 0. The van der Waals surface area contributed by atoms with E-state index in [9.17, 15) is 0 Å². The first kappa shape index (κ1) is 6.95. The first-order valence-electron chi connectivity index (χ1n) is 3.10. The number of hydrazone groups is 1. The van der Waals surface area contributed by atoms with Gasteiger partial charge in [0.05, 0.1) is 11.8 Å². The summed E-state index contributed by atoms with van der Waals surface area (Å²) in [7, 11) is 0.